The van der Waals surface area contributed by atoms with E-state index < -0.39 is 0 Å². The van der Waals surface area contributed by atoms with Crippen LogP contribution < -0.4 is 0 Å². The van der Waals surface area contributed by atoms with Gasteiger partial charge in [-0.2, -0.15) is 0 Å². The van der Waals surface area contributed by atoms with Crippen molar-refractivity contribution in [2.45, 2.75) is 75.8 Å². The average molecular weight is 464 g/mol. The fraction of sp³-hybridized carbons (Fsp3) is 0.517. The lowest BCUT2D eigenvalue weighted by Crippen LogP contribution is -2.55. The summed E-state index contributed by atoms with van der Waals surface area (Å²) < 4.78 is 18.3. The molecule has 1 aliphatic carbocycles. The number of halogens is 1. The van der Waals surface area contributed by atoms with Crippen molar-refractivity contribution in [3.8, 4) is 11.1 Å². The van der Waals surface area contributed by atoms with Crippen molar-refractivity contribution in [1.82, 2.24) is 4.90 Å². The first kappa shape index (κ1) is 23.1. The van der Waals surface area contributed by atoms with E-state index in [2.05, 4.69) is 36.4 Å². The van der Waals surface area contributed by atoms with Crippen LogP contribution in [0.15, 0.2) is 48.5 Å². The number of amides is 1. The lowest BCUT2D eigenvalue weighted by Gasteiger charge is -2.47. The lowest BCUT2D eigenvalue weighted by molar-refractivity contribution is -0.126. The molecule has 2 unspecified atom stereocenters. The van der Waals surface area contributed by atoms with Gasteiger partial charge in [0.25, 0.3) is 0 Å². The summed E-state index contributed by atoms with van der Waals surface area (Å²) in [5.74, 6) is 0.376. The molecule has 0 aromatic heterocycles. The first-order valence-electron chi connectivity index (χ1n) is 12.9. The Morgan fingerprint density at radius 2 is 1.50 bits per heavy atom. The summed E-state index contributed by atoms with van der Waals surface area (Å²) in [5.41, 5.74) is 4.88. The normalized spacial score (nSPS) is 23.3. The maximum atomic E-state index is 13.3. The molecule has 2 fully saturated rings. The van der Waals surface area contributed by atoms with Gasteiger partial charge in [-0.1, -0.05) is 55.0 Å². The van der Waals surface area contributed by atoms with Gasteiger partial charge in [0.05, 0.1) is 6.67 Å². The molecule has 180 valence electrons. The minimum absolute atomic E-state index is 0.0262. The van der Waals surface area contributed by atoms with Crippen LogP contribution in [0.2, 0.25) is 0 Å². The molecular weight excluding hydrogens is 429 g/mol. The summed E-state index contributed by atoms with van der Waals surface area (Å²) in [6.45, 7) is 0.0244. The molecule has 3 aliphatic rings. The Morgan fingerprint density at radius 1 is 0.882 bits per heavy atom. The average Bonchev–Trinajstić information content (AvgIpc) is 3.18. The molecule has 0 saturated carbocycles. The van der Waals surface area contributed by atoms with Crippen LogP contribution in [0, 0.1) is 5.92 Å². The van der Waals surface area contributed by atoms with Crippen LogP contribution in [-0.4, -0.2) is 42.1 Å². The molecule has 34 heavy (non-hydrogen) atoms. The molecular formula is C29H34FNO3. The predicted molar refractivity (Wildman–Crippen MR) is 131 cm³/mol. The largest absolute Gasteiger partial charge is 0.448 e. The number of alkyl halides is 1. The van der Waals surface area contributed by atoms with Crippen LogP contribution >= 0.6 is 0 Å². The maximum Gasteiger partial charge on any atom is 0.410 e. The number of fused-ring (bicyclic) bond motifs is 5. The number of Topliss-reactive ketones (excluding diaryl/α,β-unsaturated/α-hetero) is 1. The molecule has 5 heteroatoms. The summed E-state index contributed by atoms with van der Waals surface area (Å²) in [7, 11) is 0. The predicted octanol–water partition coefficient (Wildman–Crippen LogP) is 6.67. The SMILES string of the molecule is O=C(CCCCCF)C1CC2CCCC(C1)N2C(=O)OCC1c2ccccc2-c2ccccc21. The smallest absolute Gasteiger partial charge is 0.410 e. The van der Waals surface area contributed by atoms with Gasteiger partial charge in [-0.15, -0.1) is 0 Å². The Bertz CT molecular complexity index is 978. The maximum absolute atomic E-state index is 13.3. The van der Waals surface area contributed by atoms with Crippen molar-refractivity contribution < 1.29 is 18.7 Å². The third-order valence-electron chi connectivity index (χ3n) is 8.03. The molecule has 4 nitrogen and oxygen atoms in total. The summed E-state index contributed by atoms with van der Waals surface area (Å²) in [6.07, 6.45) is 6.83. The highest BCUT2D eigenvalue weighted by atomic mass is 19.1. The molecule has 2 aromatic rings. The van der Waals surface area contributed by atoms with Gasteiger partial charge < -0.3 is 9.64 Å². The monoisotopic (exact) mass is 463 g/mol. The van der Waals surface area contributed by atoms with E-state index in [4.69, 9.17) is 4.74 Å². The van der Waals surface area contributed by atoms with E-state index in [1.807, 2.05) is 17.0 Å². The van der Waals surface area contributed by atoms with Crippen molar-refractivity contribution in [2.75, 3.05) is 13.3 Å². The zero-order valence-electron chi connectivity index (χ0n) is 19.8. The van der Waals surface area contributed by atoms with Gasteiger partial charge in [0.2, 0.25) is 0 Å². The molecule has 2 atom stereocenters. The van der Waals surface area contributed by atoms with E-state index in [-0.39, 0.29) is 36.7 Å². The zero-order valence-corrected chi connectivity index (χ0v) is 19.8. The number of unbranched alkanes of at least 4 members (excludes halogenated alkanes) is 2. The molecule has 2 aliphatic heterocycles. The van der Waals surface area contributed by atoms with Gasteiger partial charge in [0, 0.05) is 30.3 Å². The van der Waals surface area contributed by atoms with Crippen LogP contribution in [-0.2, 0) is 9.53 Å². The number of benzene rings is 2. The van der Waals surface area contributed by atoms with E-state index >= 15 is 0 Å². The Kier molecular flexibility index (Phi) is 6.98. The lowest BCUT2D eigenvalue weighted by atomic mass is 9.76. The van der Waals surface area contributed by atoms with Crippen LogP contribution in [0.1, 0.15) is 74.8 Å². The van der Waals surface area contributed by atoms with Crippen LogP contribution in [0.4, 0.5) is 9.18 Å². The molecule has 0 spiro atoms. The Labute approximate surface area is 201 Å². The molecule has 0 N–H and O–H groups in total. The third kappa shape index (κ3) is 4.49. The Morgan fingerprint density at radius 3 is 2.12 bits per heavy atom. The van der Waals surface area contributed by atoms with Crippen molar-refractivity contribution in [2.24, 2.45) is 5.92 Å². The number of carbonyl (C=O) groups excluding carboxylic acids is 2. The number of hydrogen-bond acceptors (Lipinski definition) is 3. The van der Waals surface area contributed by atoms with Gasteiger partial charge in [-0.05, 0) is 67.2 Å². The zero-order chi connectivity index (χ0) is 23.5. The topological polar surface area (TPSA) is 46.6 Å². The third-order valence-corrected chi connectivity index (χ3v) is 8.03. The number of hydrogen-bond donors (Lipinski definition) is 0. The second kappa shape index (κ2) is 10.3. The van der Waals surface area contributed by atoms with Crippen molar-refractivity contribution in [3.63, 3.8) is 0 Å². The Balaban J connectivity index is 1.23. The highest BCUT2D eigenvalue weighted by molar-refractivity contribution is 5.82. The second-order valence-electron chi connectivity index (χ2n) is 10.1. The summed E-state index contributed by atoms with van der Waals surface area (Å²) >= 11 is 0. The summed E-state index contributed by atoms with van der Waals surface area (Å²) in [4.78, 5) is 28.0. The first-order valence-corrected chi connectivity index (χ1v) is 12.9. The number of rotatable bonds is 8. The van der Waals surface area contributed by atoms with Crippen molar-refractivity contribution >= 4 is 11.9 Å². The number of piperidine rings is 2. The molecule has 2 heterocycles. The summed E-state index contributed by atoms with van der Waals surface area (Å²) in [5, 5.41) is 0. The van der Waals surface area contributed by atoms with Gasteiger partial charge in [0.15, 0.2) is 0 Å². The molecule has 2 saturated heterocycles. The minimum Gasteiger partial charge on any atom is -0.448 e. The summed E-state index contributed by atoms with van der Waals surface area (Å²) in [6, 6.07) is 16.9. The van der Waals surface area contributed by atoms with Gasteiger partial charge in [-0.25, -0.2) is 4.79 Å². The highest BCUT2D eigenvalue weighted by Crippen LogP contribution is 2.45. The van der Waals surface area contributed by atoms with Gasteiger partial charge in [0.1, 0.15) is 12.4 Å². The van der Waals surface area contributed by atoms with Crippen LogP contribution in [0.5, 0.6) is 0 Å². The van der Waals surface area contributed by atoms with Gasteiger partial charge in [-0.3, -0.25) is 9.18 Å². The van der Waals surface area contributed by atoms with Crippen molar-refractivity contribution in [1.29, 1.82) is 0 Å². The van der Waals surface area contributed by atoms with E-state index in [0.29, 0.717) is 25.2 Å². The molecule has 1 amide bonds. The fourth-order valence-electron chi connectivity index (χ4n) is 6.39. The van der Waals surface area contributed by atoms with Gasteiger partial charge >= 0.3 is 6.09 Å². The van der Waals surface area contributed by atoms with E-state index in [0.717, 1.165) is 44.9 Å². The second-order valence-corrected chi connectivity index (χ2v) is 10.1. The molecule has 2 aromatic carbocycles. The quantitative estimate of drug-likeness (QED) is 0.411. The molecule has 5 rings (SSSR count). The Hall–Kier alpha value is -2.69. The van der Waals surface area contributed by atoms with Crippen molar-refractivity contribution in [3.05, 3.63) is 59.7 Å². The van der Waals surface area contributed by atoms with E-state index in [9.17, 15) is 14.0 Å². The molecule has 0 radical (unpaired) electrons. The number of ether oxygens (including phenoxy) is 1. The van der Waals surface area contributed by atoms with Crippen LogP contribution in [0.25, 0.3) is 11.1 Å². The number of nitrogens with zero attached hydrogens (tertiary/aromatic N) is 1. The number of carbonyl (C=O) groups is 2. The van der Waals surface area contributed by atoms with Crippen LogP contribution in [0.3, 0.4) is 0 Å². The number of ketones is 1. The first-order chi connectivity index (χ1) is 16.7. The minimum atomic E-state index is -0.309. The fourth-order valence-corrected chi connectivity index (χ4v) is 6.39. The van der Waals surface area contributed by atoms with E-state index in [1.54, 1.807) is 0 Å². The highest BCUT2D eigenvalue weighted by Gasteiger charge is 2.43. The standard InChI is InChI=1S/C29H34FNO3/c30-16-7-1-2-15-28(32)20-17-21-9-8-10-22(18-20)31(21)29(33)34-19-27-25-13-5-3-11-23(25)24-12-4-6-14-26(24)27/h3-6,11-14,20-22,27H,1-2,7-10,15-19H2. The molecule has 2 bridgehead atoms. The van der Waals surface area contributed by atoms with E-state index in [1.165, 1.54) is 22.3 Å².